The van der Waals surface area contributed by atoms with Crippen molar-refractivity contribution >= 4 is 44.9 Å². The molecule has 0 bridgehead atoms. The molecule has 1 saturated carbocycles. The number of ketones is 1. The molecule has 33 heavy (non-hydrogen) atoms. The number of anilines is 1. The van der Waals surface area contributed by atoms with Crippen LogP contribution in [0.25, 0.3) is 10.2 Å². The third kappa shape index (κ3) is 5.03. The van der Waals surface area contributed by atoms with Gasteiger partial charge in [0.05, 0.1) is 11.7 Å². The molecule has 0 radical (unpaired) electrons. The number of amides is 1. The zero-order chi connectivity index (χ0) is 23.5. The van der Waals surface area contributed by atoms with Crippen LogP contribution in [0.15, 0.2) is 35.4 Å². The highest BCUT2D eigenvalue weighted by atomic mass is 32.1. The Bertz CT molecular complexity index is 1290. The molecule has 0 spiro atoms. The first-order chi connectivity index (χ1) is 15.8. The number of carbonyl (C=O) groups is 3. The van der Waals surface area contributed by atoms with Crippen molar-refractivity contribution < 1.29 is 19.1 Å². The molecule has 8 nitrogen and oxygen atoms in total. The monoisotopic (exact) mass is 467 g/mol. The van der Waals surface area contributed by atoms with Gasteiger partial charge in [-0.05, 0) is 57.2 Å². The number of nitrogens with zero attached hydrogens (tertiary/aromatic N) is 2. The molecule has 0 aliphatic heterocycles. The molecule has 2 heterocycles. The standard InChI is InChI=1S/C24H25N3O5S/c1-14-20-22(33-21(14)24(31)32-18-9-4-3-5-10-18)25-13-27(23(20)30)12-19(29)26-17-8-6-7-16(11-17)15(2)28/h6-8,11,13,18H,3-5,9-10,12H2,1-2H3,(H,26,29). The number of rotatable bonds is 6. The molecule has 4 rings (SSSR count). The molecule has 1 N–H and O–H groups in total. The zero-order valence-electron chi connectivity index (χ0n) is 18.6. The Labute approximate surface area is 194 Å². The molecule has 0 atom stereocenters. The fourth-order valence-electron chi connectivity index (χ4n) is 4.03. The van der Waals surface area contributed by atoms with Crippen LogP contribution in [-0.4, -0.2) is 33.3 Å². The van der Waals surface area contributed by atoms with Crippen LogP contribution in [0.5, 0.6) is 0 Å². The van der Waals surface area contributed by atoms with Gasteiger partial charge in [0, 0.05) is 11.3 Å². The first-order valence-electron chi connectivity index (χ1n) is 10.9. The van der Waals surface area contributed by atoms with E-state index in [9.17, 15) is 19.2 Å². The lowest BCUT2D eigenvalue weighted by atomic mass is 9.98. The molecule has 0 unspecified atom stereocenters. The van der Waals surface area contributed by atoms with E-state index in [1.165, 1.54) is 17.8 Å². The summed E-state index contributed by atoms with van der Waals surface area (Å²) in [5, 5.41) is 3.02. The number of aryl methyl sites for hydroxylation is 1. The fourth-order valence-corrected chi connectivity index (χ4v) is 5.05. The lowest BCUT2D eigenvalue weighted by Gasteiger charge is -2.21. The molecular weight excluding hydrogens is 442 g/mol. The van der Waals surface area contributed by atoms with Gasteiger partial charge < -0.3 is 10.1 Å². The molecule has 3 aromatic rings. The number of carbonyl (C=O) groups excluding carboxylic acids is 3. The van der Waals surface area contributed by atoms with Crippen LogP contribution >= 0.6 is 11.3 Å². The average Bonchev–Trinajstić information content (AvgIpc) is 3.13. The van der Waals surface area contributed by atoms with Gasteiger partial charge in [-0.2, -0.15) is 0 Å². The quantitative estimate of drug-likeness (QED) is 0.432. The van der Waals surface area contributed by atoms with Crippen molar-refractivity contribution in [1.29, 1.82) is 0 Å². The summed E-state index contributed by atoms with van der Waals surface area (Å²) in [6.45, 7) is 2.91. The van der Waals surface area contributed by atoms with E-state index in [2.05, 4.69) is 10.3 Å². The predicted octanol–water partition coefficient (Wildman–Crippen LogP) is 4.10. The van der Waals surface area contributed by atoms with Crippen molar-refractivity contribution in [3.05, 3.63) is 57.0 Å². The highest BCUT2D eigenvalue weighted by Crippen LogP contribution is 2.29. The lowest BCUT2D eigenvalue weighted by Crippen LogP contribution is -2.28. The number of aromatic nitrogens is 2. The maximum Gasteiger partial charge on any atom is 0.348 e. The number of benzene rings is 1. The minimum absolute atomic E-state index is 0.0781. The van der Waals surface area contributed by atoms with Crippen LogP contribution in [0, 0.1) is 6.92 Å². The molecule has 2 aromatic heterocycles. The molecule has 1 amide bonds. The minimum Gasteiger partial charge on any atom is -0.458 e. The number of ether oxygens (including phenoxy) is 1. The highest BCUT2D eigenvalue weighted by Gasteiger charge is 2.24. The molecule has 172 valence electrons. The SMILES string of the molecule is CC(=O)c1cccc(NC(=O)Cn2cnc3sc(C(=O)OC4CCCCC4)c(C)c3c2=O)c1. The number of Topliss-reactive ketones (excluding diaryl/α,β-unsaturated/α-hetero) is 1. The lowest BCUT2D eigenvalue weighted by molar-refractivity contribution is -0.116. The van der Waals surface area contributed by atoms with Crippen molar-refractivity contribution in [2.45, 2.75) is 58.6 Å². The van der Waals surface area contributed by atoms with Gasteiger partial charge in [-0.3, -0.25) is 19.0 Å². The highest BCUT2D eigenvalue weighted by molar-refractivity contribution is 7.20. The van der Waals surface area contributed by atoms with E-state index in [1.54, 1.807) is 31.2 Å². The Morgan fingerprint density at radius 1 is 1.21 bits per heavy atom. The van der Waals surface area contributed by atoms with Crippen LogP contribution in [0.4, 0.5) is 5.69 Å². The van der Waals surface area contributed by atoms with E-state index >= 15 is 0 Å². The first-order valence-corrected chi connectivity index (χ1v) is 11.8. The number of nitrogens with one attached hydrogen (secondary N) is 1. The Morgan fingerprint density at radius 2 is 1.97 bits per heavy atom. The molecule has 0 saturated heterocycles. The van der Waals surface area contributed by atoms with Gasteiger partial charge >= 0.3 is 5.97 Å². The van der Waals surface area contributed by atoms with Crippen LogP contribution in [0.3, 0.4) is 0 Å². The average molecular weight is 468 g/mol. The van der Waals surface area contributed by atoms with Gasteiger partial charge in [-0.1, -0.05) is 18.6 Å². The second-order valence-electron chi connectivity index (χ2n) is 8.26. The smallest absolute Gasteiger partial charge is 0.348 e. The molecule has 1 aliphatic carbocycles. The number of hydrogen-bond acceptors (Lipinski definition) is 7. The second-order valence-corrected chi connectivity index (χ2v) is 9.26. The van der Waals surface area contributed by atoms with Crippen molar-refractivity contribution in [3.8, 4) is 0 Å². The Kier molecular flexibility index (Phi) is 6.69. The predicted molar refractivity (Wildman–Crippen MR) is 126 cm³/mol. The van der Waals surface area contributed by atoms with Crippen LogP contribution in [-0.2, 0) is 16.1 Å². The van der Waals surface area contributed by atoms with E-state index in [4.69, 9.17) is 4.74 Å². The van der Waals surface area contributed by atoms with Crippen LogP contribution in [0.1, 0.15) is 64.6 Å². The molecule has 1 aliphatic rings. The van der Waals surface area contributed by atoms with Gasteiger partial charge in [0.15, 0.2) is 5.78 Å². The maximum atomic E-state index is 13.1. The summed E-state index contributed by atoms with van der Waals surface area (Å²) in [7, 11) is 0. The second kappa shape index (κ2) is 9.66. The fraction of sp³-hybridized carbons (Fsp3) is 0.375. The van der Waals surface area contributed by atoms with E-state index in [0.717, 1.165) is 43.4 Å². The Morgan fingerprint density at radius 3 is 2.70 bits per heavy atom. The zero-order valence-corrected chi connectivity index (χ0v) is 19.4. The van der Waals surface area contributed by atoms with E-state index in [0.29, 0.717) is 31.9 Å². The molecular formula is C24H25N3O5S. The van der Waals surface area contributed by atoms with Gasteiger partial charge in [0.1, 0.15) is 22.4 Å². The largest absolute Gasteiger partial charge is 0.458 e. The van der Waals surface area contributed by atoms with Crippen molar-refractivity contribution in [2.75, 3.05) is 5.32 Å². The normalized spacial score (nSPS) is 14.2. The minimum atomic E-state index is -0.427. The molecule has 1 fully saturated rings. The van der Waals surface area contributed by atoms with Gasteiger partial charge in [0.2, 0.25) is 5.91 Å². The first kappa shape index (κ1) is 22.8. The Balaban J connectivity index is 1.53. The summed E-state index contributed by atoms with van der Waals surface area (Å²) >= 11 is 1.14. The van der Waals surface area contributed by atoms with Crippen LogP contribution < -0.4 is 10.9 Å². The van der Waals surface area contributed by atoms with Gasteiger partial charge in [-0.25, -0.2) is 9.78 Å². The summed E-state index contributed by atoms with van der Waals surface area (Å²) < 4.78 is 6.87. The van der Waals surface area contributed by atoms with Gasteiger partial charge in [0.25, 0.3) is 5.56 Å². The molecule has 9 heteroatoms. The van der Waals surface area contributed by atoms with E-state index in [-0.39, 0.29) is 18.4 Å². The number of hydrogen-bond donors (Lipinski definition) is 1. The van der Waals surface area contributed by atoms with Gasteiger partial charge in [-0.15, -0.1) is 11.3 Å². The molecule has 1 aromatic carbocycles. The number of thiophene rings is 1. The summed E-state index contributed by atoms with van der Waals surface area (Å²) in [5.74, 6) is -0.956. The summed E-state index contributed by atoms with van der Waals surface area (Å²) in [5.41, 5.74) is 1.08. The van der Waals surface area contributed by atoms with Crippen molar-refractivity contribution in [3.63, 3.8) is 0 Å². The van der Waals surface area contributed by atoms with Crippen LogP contribution in [0.2, 0.25) is 0 Å². The van der Waals surface area contributed by atoms with E-state index in [1.807, 2.05) is 0 Å². The van der Waals surface area contributed by atoms with Crippen molar-refractivity contribution in [2.24, 2.45) is 0 Å². The summed E-state index contributed by atoms with van der Waals surface area (Å²) in [4.78, 5) is 55.0. The third-order valence-corrected chi connectivity index (χ3v) is 6.98. The maximum absolute atomic E-state index is 13.1. The topological polar surface area (TPSA) is 107 Å². The summed E-state index contributed by atoms with van der Waals surface area (Å²) in [6.07, 6.45) is 6.23. The third-order valence-electron chi connectivity index (χ3n) is 5.80. The summed E-state index contributed by atoms with van der Waals surface area (Å²) in [6, 6.07) is 6.59. The van der Waals surface area contributed by atoms with E-state index < -0.39 is 17.4 Å². The Hall–Kier alpha value is -3.33. The number of esters is 1. The van der Waals surface area contributed by atoms with Crippen molar-refractivity contribution in [1.82, 2.24) is 9.55 Å². The number of fused-ring (bicyclic) bond motifs is 1.